The number of carbonyl (C=O) groups excluding carboxylic acids is 2. The Balaban J connectivity index is 0.000000298. The molecule has 2 aromatic rings. The lowest BCUT2D eigenvalue weighted by Crippen LogP contribution is -2.33. The predicted octanol–water partition coefficient (Wildman–Crippen LogP) is 1.03. The highest BCUT2D eigenvalue weighted by Gasteiger charge is 2.38. The summed E-state index contributed by atoms with van der Waals surface area (Å²) in [4.78, 5) is 40.9. The van der Waals surface area contributed by atoms with Crippen LogP contribution in [-0.4, -0.2) is 50.5 Å². The van der Waals surface area contributed by atoms with Crippen molar-refractivity contribution in [1.29, 1.82) is 0 Å². The smallest absolute Gasteiger partial charge is 0.475 e. The summed E-state index contributed by atoms with van der Waals surface area (Å²) in [6, 6.07) is 3.90. The van der Waals surface area contributed by atoms with Crippen LogP contribution < -0.4 is 5.73 Å². The Morgan fingerprint density at radius 1 is 1.42 bits per heavy atom. The van der Waals surface area contributed by atoms with Crippen LogP contribution in [0.3, 0.4) is 0 Å². The molecule has 3 rings (SSSR count). The lowest BCUT2D eigenvalue weighted by Gasteiger charge is -2.14. The molecule has 3 heterocycles. The van der Waals surface area contributed by atoms with E-state index in [1.165, 1.54) is 0 Å². The van der Waals surface area contributed by atoms with Gasteiger partial charge in [-0.2, -0.15) is 13.2 Å². The van der Waals surface area contributed by atoms with Crippen molar-refractivity contribution < 1.29 is 32.7 Å². The molecule has 0 unspecified atom stereocenters. The van der Waals surface area contributed by atoms with E-state index < -0.39 is 24.0 Å². The number of carboxylic acid groups (broad SMARTS) is 1. The summed E-state index contributed by atoms with van der Waals surface area (Å²) in [5, 5.41) is 8.18. The molecule has 2 amide bonds. The minimum atomic E-state index is -5.08. The van der Waals surface area contributed by atoms with Crippen LogP contribution in [0.25, 0.3) is 10.9 Å². The molecule has 140 valence electrons. The van der Waals surface area contributed by atoms with E-state index in [1.54, 1.807) is 17.3 Å². The summed E-state index contributed by atoms with van der Waals surface area (Å²) >= 11 is 0. The third-order valence-electron chi connectivity index (χ3n) is 3.72. The highest BCUT2D eigenvalue weighted by molar-refractivity contribution is 6.00. The first-order valence-corrected chi connectivity index (χ1v) is 7.39. The summed E-state index contributed by atoms with van der Waals surface area (Å²) < 4.78 is 31.7. The Morgan fingerprint density at radius 2 is 2.08 bits per heavy atom. The molecule has 26 heavy (non-hydrogen) atoms. The fourth-order valence-corrected chi connectivity index (χ4v) is 2.48. The molecule has 2 aromatic heterocycles. The van der Waals surface area contributed by atoms with Gasteiger partial charge in [0.2, 0.25) is 11.8 Å². The van der Waals surface area contributed by atoms with Crippen molar-refractivity contribution in [1.82, 2.24) is 14.9 Å². The van der Waals surface area contributed by atoms with Gasteiger partial charge in [0.05, 0.1) is 18.3 Å². The van der Waals surface area contributed by atoms with E-state index in [9.17, 15) is 22.8 Å². The zero-order chi connectivity index (χ0) is 19.5. The zero-order valence-electron chi connectivity index (χ0n) is 13.3. The number of fused-ring (bicyclic) bond motifs is 1. The van der Waals surface area contributed by atoms with Crippen LogP contribution >= 0.6 is 0 Å². The van der Waals surface area contributed by atoms with Crippen molar-refractivity contribution in [2.45, 2.75) is 19.1 Å². The standard InChI is InChI=1S/C13H14N4O2.C2HF3O2/c14-12(18)10-2-4-17(13(10)19)7-9-5-8-1-3-15-6-11(8)16-9;3-2(4,5)1(6)7/h1,3,5-6,10,16H,2,4,7H2,(H2,14,18);(H,6,7)/t10-;/m0./s1. The molecule has 1 saturated heterocycles. The molecule has 0 bridgehead atoms. The van der Waals surface area contributed by atoms with Crippen LogP contribution in [0.4, 0.5) is 13.2 Å². The molecular weight excluding hydrogens is 357 g/mol. The Bertz CT molecular complexity index is 801. The normalized spacial score (nSPS) is 17.1. The fourth-order valence-electron chi connectivity index (χ4n) is 2.48. The van der Waals surface area contributed by atoms with Crippen LogP contribution in [0, 0.1) is 5.92 Å². The van der Waals surface area contributed by atoms with Gasteiger partial charge in [-0.25, -0.2) is 4.79 Å². The first-order valence-electron chi connectivity index (χ1n) is 7.39. The van der Waals surface area contributed by atoms with E-state index in [-0.39, 0.29) is 5.91 Å². The highest BCUT2D eigenvalue weighted by Crippen LogP contribution is 2.21. The van der Waals surface area contributed by atoms with Crippen LogP contribution in [0.15, 0.2) is 24.5 Å². The second kappa shape index (κ2) is 7.42. The van der Waals surface area contributed by atoms with E-state index in [4.69, 9.17) is 15.6 Å². The molecule has 0 saturated carbocycles. The number of primary amides is 1. The van der Waals surface area contributed by atoms with E-state index in [0.29, 0.717) is 19.5 Å². The number of nitrogens with zero attached hydrogens (tertiary/aromatic N) is 2. The van der Waals surface area contributed by atoms with Gasteiger partial charge in [0, 0.05) is 23.8 Å². The topological polar surface area (TPSA) is 129 Å². The number of carbonyl (C=O) groups is 3. The third-order valence-corrected chi connectivity index (χ3v) is 3.72. The number of carboxylic acids is 1. The number of H-pyrrole nitrogens is 1. The van der Waals surface area contributed by atoms with Crippen LogP contribution in [0.1, 0.15) is 12.1 Å². The van der Waals surface area contributed by atoms with E-state index in [2.05, 4.69) is 9.97 Å². The highest BCUT2D eigenvalue weighted by atomic mass is 19.4. The second-order valence-corrected chi connectivity index (χ2v) is 5.56. The minimum Gasteiger partial charge on any atom is -0.475 e. The maximum atomic E-state index is 12.0. The Labute approximate surface area is 144 Å². The number of alkyl halides is 3. The number of rotatable bonds is 3. The summed E-state index contributed by atoms with van der Waals surface area (Å²) in [6.07, 6.45) is -1.10. The molecular formula is C15H15F3N4O4. The summed E-state index contributed by atoms with van der Waals surface area (Å²) in [7, 11) is 0. The molecule has 0 aliphatic carbocycles. The van der Waals surface area contributed by atoms with Crippen molar-refractivity contribution in [3.8, 4) is 0 Å². The maximum absolute atomic E-state index is 12.0. The zero-order valence-corrected chi connectivity index (χ0v) is 13.3. The number of halogens is 3. The molecule has 0 spiro atoms. The van der Waals surface area contributed by atoms with Crippen molar-refractivity contribution in [2.24, 2.45) is 11.7 Å². The Morgan fingerprint density at radius 3 is 2.58 bits per heavy atom. The molecule has 4 N–H and O–H groups in total. The van der Waals surface area contributed by atoms with Crippen molar-refractivity contribution in [3.63, 3.8) is 0 Å². The summed E-state index contributed by atoms with van der Waals surface area (Å²) in [5.74, 6) is -4.13. The Kier molecular flexibility index (Phi) is 5.48. The van der Waals surface area contributed by atoms with Crippen LogP contribution in [0.2, 0.25) is 0 Å². The number of hydrogen-bond donors (Lipinski definition) is 3. The van der Waals surface area contributed by atoms with Gasteiger partial charge in [-0.1, -0.05) is 0 Å². The molecule has 1 aliphatic rings. The number of nitrogens with two attached hydrogens (primary N) is 1. The molecule has 0 aromatic carbocycles. The summed E-state index contributed by atoms with van der Waals surface area (Å²) in [6.45, 7) is 1.04. The predicted molar refractivity (Wildman–Crippen MR) is 82.5 cm³/mol. The molecule has 11 heteroatoms. The van der Waals surface area contributed by atoms with Crippen molar-refractivity contribution in [2.75, 3.05) is 6.54 Å². The molecule has 8 nitrogen and oxygen atoms in total. The third kappa shape index (κ3) is 4.49. The average molecular weight is 372 g/mol. The number of pyridine rings is 1. The fraction of sp³-hybridized carbons (Fsp3) is 0.333. The monoisotopic (exact) mass is 372 g/mol. The maximum Gasteiger partial charge on any atom is 0.490 e. The number of nitrogens with one attached hydrogen (secondary N) is 1. The van der Waals surface area contributed by atoms with E-state index in [1.807, 2.05) is 12.1 Å². The molecule has 1 aliphatic heterocycles. The summed E-state index contributed by atoms with van der Waals surface area (Å²) in [5.41, 5.74) is 7.07. The number of aromatic nitrogens is 2. The van der Waals surface area contributed by atoms with Gasteiger partial charge < -0.3 is 20.7 Å². The van der Waals surface area contributed by atoms with Crippen molar-refractivity contribution >= 4 is 28.7 Å². The molecule has 0 radical (unpaired) electrons. The molecule has 1 atom stereocenters. The quantitative estimate of drug-likeness (QED) is 0.693. The van der Waals surface area contributed by atoms with E-state index >= 15 is 0 Å². The van der Waals surface area contributed by atoms with E-state index in [0.717, 1.165) is 16.6 Å². The van der Waals surface area contributed by atoms with Gasteiger partial charge in [0.15, 0.2) is 0 Å². The lowest BCUT2D eigenvalue weighted by atomic mass is 10.1. The van der Waals surface area contributed by atoms with Gasteiger partial charge in [-0.15, -0.1) is 0 Å². The van der Waals surface area contributed by atoms with Crippen molar-refractivity contribution in [3.05, 3.63) is 30.2 Å². The Hall–Kier alpha value is -3.11. The van der Waals surface area contributed by atoms with Gasteiger partial charge in [-0.3, -0.25) is 14.6 Å². The largest absolute Gasteiger partial charge is 0.490 e. The van der Waals surface area contributed by atoms with Gasteiger partial charge >= 0.3 is 12.1 Å². The van der Waals surface area contributed by atoms with Gasteiger partial charge in [0.1, 0.15) is 5.92 Å². The second-order valence-electron chi connectivity index (χ2n) is 5.56. The van der Waals surface area contributed by atoms with Gasteiger partial charge in [0.25, 0.3) is 0 Å². The number of aromatic amines is 1. The number of amides is 2. The minimum absolute atomic E-state index is 0.177. The van der Waals surface area contributed by atoms with Crippen LogP contribution in [0.5, 0.6) is 0 Å². The number of aliphatic carboxylic acids is 1. The lowest BCUT2D eigenvalue weighted by molar-refractivity contribution is -0.192. The molecule has 1 fully saturated rings. The number of hydrogen-bond acceptors (Lipinski definition) is 4. The average Bonchev–Trinajstić information content (AvgIpc) is 3.11. The number of likely N-dealkylation sites (tertiary alicyclic amines) is 1. The van der Waals surface area contributed by atoms with Crippen LogP contribution in [-0.2, 0) is 20.9 Å². The van der Waals surface area contributed by atoms with Gasteiger partial charge in [-0.05, 0) is 18.6 Å². The first kappa shape index (κ1) is 19.2. The first-order chi connectivity index (χ1) is 12.1. The SMILES string of the molecule is NC(=O)[C@@H]1CCN(Cc2cc3ccncc3[nH]2)C1=O.O=C(O)C(F)(F)F.